The highest BCUT2D eigenvalue weighted by Crippen LogP contribution is 2.18. The molecule has 1 atom stereocenters. The molecular weight excluding hydrogens is 314 g/mol. The molecule has 3 rings (SSSR count). The minimum absolute atomic E-state index is 0.0228. The Hall–Kier alpha value is -1.43. The highest BCUT2D eigenvalue weighted by Gasteiger charge is 2.29. The summed E-state index contributed by atoms with van der Waals surface area (Å²) >= 11 is 0. The average Bonchev–Trinajstić information content (AvgIpc) is 2.68. The monoisotopic (exact) mass is 345 g/mol. The van der Waals surface area contributed by atoms with Crippen molar-refractivity contribution in [3.63, 3.8) is 0 Å². The smallest absolute Gasteiger partial charge is 0.237 e. The fourth-order valence-electron chi connectivity index (χ4n) is 3.82. The number of piperidine rings is 1. The zero-order chi connectivity index (χ0) is 17.5. The number of carbonyl (C=O) groups excluding carboxylic acids is 1. The van der Waals surface area contributed by atoms with E-state index in [2.05, 4.69) is 40.5 Å². The van der Waals surface area contributed by atoms with Crippen molar-refractivity contribution in [3.05, 3.63) is 35.9 Å². The number of amides is 1. The molecule has 5 heteroatoms. The summed E-state index contributed by atoms with van der Waals surface area (Å²) in [4.78, 5) is 14.9. The molecule has 0 aromatic heterocycles. The van der Waals surface area contributed by atoms with Crippen molar-refractivity contribution in [1.82, 2.24) is 10.2 Å². The Morgan fingerprint density at radius 3 is 2.52 bits per heavy atom. The predicted octanol–water partition coefficient (Wildman–Crippen LogP) is 1.56. The molecule has 3 N–H and O–H groups in total. The first kappa shape index (κ1) is 18.4. The Bertz CT molecular complexity index is 523. The van der Waals surface area contributed by atoms with Gasteiger partial charge in [-0.15, -0.1) is 0 Å². The molecule has 0 radical (unpaired) electrons. The van der Waals surface area contributed by atoms with Crippen molar-refractivity contribution in [3.8, 4) is 0 Å². The Kier molecular flexibility index (Phi) is 6.84. The second-order valence-corrected chi connectivity index (χ2v) is 7.34. The third kappa shape index (κ3) is 5.53. The summed E-state index contributed by atoms with van der Waals surface area (Å²) in [6.07, 6.45) is 4.91. The van der Waals surface area contributed by atoms with Crippen LogP contribution < -0.4 is 11.1 Å². The highest BCUT2D eigenvalue weighted by atomic mass is 16.5. The molecule has 0 bridgehead atoms. The van der Waals surface area contributed by atoms with Gasteiger partial charge in [0.1, 0.15) is 0 Å². The van der Waals surface area contributed by atoms with Crippen LogP contribution in [0.25, 0.3) is 0 Å². The summed E-state index contributed by atoms with van der Waals surface area (Å²) in [5.74, 6) is 0.286. The summed E-state index contributed by atoms with van der Waals surface area (Å²) < 4.78 is 5.35. The Labute approximate surface area is 150 Å². The first-order valence-electron chi connectivity index (χ1n) is 9.62. The molecule has 2 saturated heterocycles. The number of benzene rings is 1. The van der Waals surface area contributed by atoms with Crippen LogP contribution in [0, 0.1) is 5.92 Å². The first-order valence-corrected chi connectivity index (χ1v) is 9.62. The number of likely N-dealkylation sites (tertiary alicyclic amines) is 1. The normalized spacial score (nSPS) is 21.8. The van der Waals surface area contributed by atoms with Crippen LogP contribution >= 0.6 is 0 Å². The van der Waals surface area contributed by atoms with Gasteiger partial charge in [0.15, 0.2) is 0 Å². The number of rotatable bonds is 6. The summed E-state index contributed by atoms with van der Waals surface area (Å²) in [7, 11) is 0. The number of carbonyl (C=O) groups is 1. The molecule has 0 spiro atoms. The van der Waals surface area contributed by atoms with E-state index in [-0.39, 0.29) is 23.9 Å². The standard InChI is InChI=1S/C20H31N3O2/c21-19(17-9-14-25-15-10-17)20(24)22-18-7-12-23(13-8-18)11-6-16-4-2-1-3-5-16/h1-5,17-19H,6-15,21H2,(H,22,24). The number of nitrogens with one attached hydrogen (secondary N) is 1. The summed E-state index contributed by atoms with van der Waals surface area (Å²) in [6, 6.07) is 10.5. The van der Waals surface area contributed by atoms with Gasteiger partial charge in [0, 0.05) is 38.9 Å². The second kappa shape index (κ2) is 9.32. The lowest BCUT2D eigenvalue weighted by Gasteiger charge is -2.34. The lowest BCUT2D eigenvalue weighted by Crippen LogP contribution is -2.52. The quantitative estimate of drug-likeness (QED) is 0.821. The highest BCUT2D eigenvalue weighted by molar-refractivity contribution is 5.82. The van der Waals surface area contributed by atoms with E-state index in [9.17, 15) is 4.79 Å². The minimum atomic E-state index is -0.389. The van der Waals surface area contributed by atoms with Crippen LogP contribution in [-0.2, 0) is 16.0 Å². The number of nitrogens with two attached hydrogens (primary N) is 1. The fraction of sp³-hybridized carbons (Fsp3) is 0.650. The van der Waals surface area contributed by atoms with Gasteiger partial charge in [-0.3, -0.25) is 4.79 Å². The van der Waals surface area contributed by atoms with Crippen molar-refractivity contribution in [2.75, 3.05) is 32.8 Å². The van der Waals surface area contributed by atoms with Gasteiger partial charge in [0.25, 0.3) is 0 Å². The number of ether oxygens (including phenoxy) is 1. The van der Waals surface area contributed by atoms with Crippen LogP contribution in [0.3, 0.4) is 0 Å². The van der Waals surface area contributed by atoms with E-state index >= 15 is 0 Å². The van der Waals surface area contributed by atoms with Crippen molar-refractivity contribution in [1.29, 1.82) is 0 Å². The van der Waals surface area contributed by atoms with Gasteiger partial charge in [-0.1, -0.05) is 30.3 Å². The Morgan fingerprint density at radius 2 is 1.84 bits per heavy atom. The van der Waals surface area contributed by atoms with Gasteiger partial charge in [0.05, 0.1) is 6.04 Å². The van der Waals surface area contributed by atoms with Gasteiger partial charge >= 0.3 is 0 Å². The SMILES string of the molecule is NC(C(=O)NC1CCN(CCc2ccccc2)CC1)C1CCOCC1. The van der Waals surface area contributed by atoms with Gasteiger partial charge < -0.3 is 20.7 Å². The molecule has 1 unspecified atom stereocenters. The molecule has 0 aliphatic carbocycles. The maximum absolute atomic E-state index is 12.4. The van der Waals surface area contributed by atoms with E-state index in [0.29, 0.717) is 0 Å². The van der Waals surface area contributed by atoms with Crippen molar-refractivity contribution in [2.45, 2.75) is 44.2 Å². The third-order valence-corrected chi connectivity index (χ3v) is 5.57. The zero-order valence-corrected chi connectivity index (χ0v) is 15.0. The van der Waals surface area contributed by atoms with E-state index in [1.807, 2.05) is 0 Å². The molecule has 5 nitrogen and oxygen atoms in total. The molecule has 1 aromatic rings. The van der Waals surface area contributed by atoms with Gasteiger partial charge in [-0.25, -0.2) is 0 Å². The van der Waals surface area contributed by atoms with E-state index in [0.717, 1.165) is 65.0 Å². The van der Waals surface area contributed by atoms with E-state index in [1.54, 1.807) is 0 Å². The average molecular weight is 345 g/mol. The largest absolute Gasteiger partial charge is 0.381 e. The van der Waals surface area contributed by atoms with Gasteiger partial charge in [0.2, 0.25) is 5.91 Å². The molecule has 2 aliphatic heterocycles. The minimum Gasteiger partial charge on any atom is -0.381 e. The third-order valence-electron chi connectivity index (χ3n) is 5.57. The lowest BCUT2D eigenvalue weighted by atomic mass is 9.91. The van der Waals surface area contributed by atoms with Crippen LogP contribution in [0.15, 0.2) is 30.3 Å². The molecule has 2 heterocycles. The van der Waals surface area contributed by atoms with Gasteiger partial charge in [-0.2, -0.15) is 0 Å². The Balaban J connectivity index is 1.36. The first-order chi connectivity index (χ1) is 12.2. The number of nitrogens with zero attached hydrogens (tertiary/aromatic N) is 1. The van der Waals surface area contributed by atoms with E-state index in [4.69, 9.17) is 10.5 Å². The van der Waals surface area contributed by atoms with Crippen molar-refractivity contribution in [2.24, 2.45) is 11.7 Å². The van der Waals surface area contributed by atoms with E-state index < -0.39 is 0 Å². The molecule has 138 valence electrons. The second-order valence-electron chi connectivity index (χ2n) is 7.34. The summed E-state index contributed by atoms with van der Waals surface area (Å²) in [5.41, 5.74) is 7.56. The maximum atomic E-state index is 12.4. The summed E-state index contributed by atoms with van der Waals surface area (Å²) in [6.45, 7) is 4.64. The van der Waals surface area contributed by atoms with Crippen LogP contribution in [0.5, 0.6) is 0 Å². The van der Waals surface area contributed by atoms with Crippen LogP contribution in [0.1, 0.15) is 31.2 Å². The van der Waals surface area contributed by atoms with Crippen LogP contribution in [0.4, 0.5) is 0 Å². The van der Waals surface area contributed by atoms with Crippen LogP contribution in [-0.4, -0.2) is 55.7 Å². The summed E-state index contributed by atoms with van der Waals surface area (Å²) in [5, 5.41) is 3.18. The molecule has 2 aliphatic rings. The van der Waals surface area contributed by atoms with Crippen molar-refractivity contribution < 1.29 is 9.53 Å². The number of hydrogen-bond donors (Lipinski definition) is 2. The Morgan fingerprint density at radius 1 is 1.16 bits per heavy atom. The van der Waals surface area contributed by atoms with Crippen LogP contribution in [0.2, 0.25) is 0 Å². The van der Waals surface area contributed by atoms with Gasteiger partial charge in [-0.05, 0) is 43.6 Å². The lowest BCUT2D eigenvalue weighted by molar-refractivity contribution is -0.125. The van der Waals surface area contributed by atoms with Crippen molar-refractivity contribution >= 4 is 5.91 Å². The fourth-order valence-corrected chi connectivity index (χ4v) is 3.82. The number of hydrogen-bond acceptors (Lipinski definition) is 4. The molecule has 0 saturated carbocycles. The maximum Gasteiger partial charge on any atom is 0.237 e. The molecule has 1 aromatic carbocycles. The predicted molar refractivity (Wildman–Crippen MR) is 99.3 cm³/mol. The molecule has 1 amide bonds. The topological polar surface area (TPSA) is 67.6 Å². The van der Waals surface area contributed by atoms with E-state index in [1.165, 1.54) is 5.56 Å². The zero-order valence-electron chi connectivity index (χ0n) is 15.0. The molecule has 25 heavy (non-hydrogen) atoms. The molecular formula is C20H31N3O2. The molecule has 2 fully saturated rings.